The highest BCUT2D eigenvalue weighted by molar-refractivity contribution is 7.88. The van der Waals surface area contributed by atoms with Crippen LogP contribution in [0.15, 0.2) is 6.20 Å². The van der Waals surface area contributed by atoms with Crippen molar-refractivity contribution in [1.82, 2.24) is 23.9 Å². The van der Waals surface area contributed by atoms with Gasteiger partial charge in [0.15, 0.2) is 0 Å². The highest BCUT2D eigenvalue weighted by atomic mass is 32.2. The van der Waals surface area contributed by atoms with Gasteiger partial charge in [-0.3, -0.25) is 0 Å². The maximum atomic E-state index is 11.6. The minimum Gasteiger partial charge on any atom is -0.390 e. The second-order valence-electron chi connectivity index (χ2n) is 6.82. The summed E-state index contributed by atoms with van der Waals surface area (Å²) in [5, 5.41) is 17.9. The van der Waals surface area contributed by atoms with Gasteiger partial charge in [0.25, 0.3) is 0 Å². The molecule has 3 heterocycles. The van der Waals surface area contributed by atoms with Crippen LogP contribution < -0.4 is 5.32 Å². The average molecular weight is 368 g/mol. The van der Waals surface area contributed by atoms with Crippen molar-refractivity contribution >= 4 is 21.5 Å². The van der Waals surface area contributed by atoms with Crippen LogP contribution in [-0.2, 0) is 10.0 Å². The van der Waals surface area contributed by atoms with Crippen molar-refractivity contribution in [3.63, 3.8) is 0 Å². The van der Waals surface area contributed by atoms with Crippen LogP contribution in [0.25, 0.3) is 5.52 Å². The van der Waals surface area contributed by atoms with Crippen molar-refractivity contribution in [2.24, 2.45) is 0 Å². The van der Waals surface area contributed by atoms with E-state index in [1.807, 2.05) is 20.8 Å². The van der Waals surface area contributed by atoms with Gasteiger partial charge in [-0.1, -0.05) is 13.8 Å². The Bertz CT molecular complexity index is 879. The maximum Gasteiger partial charge on any atom is 0.241 e. The number of aliphatic hydroxyl groups excluding tert-OH is 1. The molecular weight excluding hydrogens is 344 g/mol. The third-order valence-corrected chi connectivity index (χ3v) is 5.72. The zero-order valence-corrected chi connectivity index (χ0v) is 15.7. The maximum absolute atomic E-state index is 11.6. The number of hydrogen-bond donors (Lipinski definition) is 2. The van der Waals surface area contributed by atoms with Crippen molar-refractivity contribution in [2.75, 3.05) is 24.7 Å². The van der Waals surface area contributed by atoms with Crippen LogP contribution in [0, 0.1) is 6.92 Å². The quantitative estimate of drug-likeness (QED) is 0.801. The molecule has 0 spiro atoms. The number of rotatable bonds is 4. The molecule has 0 unspecified atom stereocenters. The molecule has 25 heavy (non-hydrogen) atoms. The molecule has 0 bridgehead atoms. The Labute approximate surface area is 147 Å². The van der Waals surface area contributed by atoms with Crippen molar-refractivity contribution in [3.8, 4) is 0 Å². The largest absolute Gasteiger partial charge is 0.390 e. The Hall–Kier alpha value is -1.78. The monoisotopic (exact) mass is 368 g/mol. The number of β-amino-alcohol motifs (C(OH)–C–C–N with tert-alkyl or cyclic N) is 1. The van der Waals surface area contributed by atoms with Crippen LogP contribution >= 0.6 is 0 Å². The van der Waals surface area contributed by atoms with E-state index in [4.69, 9.17) is 0 Å². The third-order valence-electron chi connectivity index (χ3n) is 4.45. The summed E-state index contributed by atoms with van der Waals surface area (Å²) in [7, 11) is -3.29. The lowest BCUT2D eigenvalue weighted by atomic mass is 10.0. The van der Waals surface area contributed by atoms with Gasteiger partial charge in [-0.05, 0) is 13.3 Å². The molecule has 3 rings (SSSR count). The smallest absolute Gasteiger partial charge is 0.241 e. The lowest BCUT2D eigenvalue weighted by Gasteiger charge is -2.34. The first-order valence-corrected chi connectivity index (χ1v) is 10.1. The first-order valence-electron chi connectivity index (χ1n) is 8.29. The Morgan fingerprint density at radius 1 is 1.40 bits per heavy atom. The molecular formula is C15H24N6O3S. The number of sulfonamides is 1. The second kappa shape index (κ2) is 6.50. The number of imidazole rings is 1. The Morgan fingerprint density at radius 2 is 2.12 bits per heavy atom. The molecule has 2 aromatic heterocycles. The Kier molecular flexibility index (Phi) is 4.69. The average Bonchev–Trinajstić information content (AvgIpc) is 2.85. The van der Waals surface area contributed by atoms with Gasteiger partial charge >= 0.3 is 0 Å². The van der Waals surface area contributed by atoms with E-state index in [1.165, 1.54) is 4.31 Å². The summed E-state index contributed by atoms with van der Waals surface area (Å²) in [4.78, 5) is 8.85. The summed E-state index contributed by atoms with van der Waals surface area (Å²) < 4.78 is 26.3. The highest BCUT2D eigenvalue weighted by Gasteiger charge is 2.32. The second-order valence-corrected chi connectivity index (χ2v) is 8.80. The lowest BCUT2D eigenvalue weighted by molar-refractivity contribution is 0.0950. The summed E-state index contributed by atoms with van der Waals surface area (Å²) >= 11 is 0. The molecule has 1 fully saturated rings. The van der Waals surface area contributed by atoms with Gasteiger partial charge in [-0.15, -0.1) is 5.10 Å². The standard InChI is InChI=1S/C15H24N6O3S/c1-9(2)14-17-10(3)12-7-16-15(19-21(12)14)18-11-5-6-20(8-13(11)22)25(4,23)24/h7,9,11,13,22H,5-6,8H2,1-4H3,(H,18,19)/t11-,13-/m1/s1. The summed E-state index contributed by atoms with van der Waals surface area (Å²) in [5.74, 6) is 1.46. The predicted octanol–water partition coefficient (Wildman–Crippen LogP) is 0.363. The molecule has 1 saturated heterocycles. The number of aryl methyl sites for hydroxylation is 1. The number of hydrogen-bond acceptors (Lipinski definition) is 7. The van der Waals surface area contributed by atoms with Gasteiger partial charge in [-0.2, -0.15) is 4.31 Å². The number of nitrogens with zero attached hydrogens (tertiary/aromatic N) is 5. The normalized spacial score (nSPS) is 22.6. The van der Waals surface area contributed by atoms with Gasteiger partial charge in [0, 0.05) is 19.0 Å². The summed E-state index contributed by atoms with van der Waals surface area (Å²) in [6, 6.07) is -0.303. The van der Waals surface area contributed by atoms with Crippen molar-refractivity contribution in [2.45, 2.75) is 45.3 Å². The lowest BCUT2D eigenvalue weighted by Crippen LogP contribution is -2.51. The van der Waals surface area contributed by atoms with Gasteiger partial charge in [0.1, 0.15) is 11.3 Å². The molecule has 0 radical (unpaired) electrons. The van der Waals surface area contributed by atoms with Gasteiger partial charge < -0.3 is 10.4 Å². The fourth-order valence-electron chi connectivity index (χ4n) is 3.03. The van der Waals surface area contributed by atoms with Crippen LogP contribution in [-0.4, -0.2) is 68.9 Å². The van der Waals surface area contributed by atoms with E-state index in [9.17, 15) is 13.5 Å². The van der Waals surface area contributed by atoms with Crippen LogP contribution in [0.3, 0.4) is 0 Å². The Balaban J connectivity index is 1.81. The number of anilines is 1. The minimum absolute atomic E-state index is 0.0696. The van der Waals surface area contributed by atoms with E-state index in [2.05, 4.69) is 20.4 Å². The first-order chi connectivity index (χ1) is 11.7. The molecule has 0 aromatic carbocycles. The molecule has 138 valence electrons. The van der Waals surface area contributed by atoms with Crippen LogP contribution in [0.5, 0.6) is 0 Å². The molecule has 10 heteroatoms. The summed E-state index contributed by atoms with van der Waals surface area (Å²) in [6.07, 6.45) is 2.52. The van der Waals surface area contributed by atoms with E-state index in [1.54, 1.807) is 10.7 Å². The van der Waals surface area contributed by atoms with Gasteiger partial charge in [0.2, 0.25) is 16.0 Å². The summed E-state index contributed by atoms with van der Waals surface area (Å²) in [5.41, 5.74) is 1.72. The molecule has 0 amide bonds. The van der Waals surface area contributed by atoms with Crippen LogP contribution in [0.4, 0.5) is 5.95 Å². The predicted molar refractivity (Wildman–Crippen MR) is 94.1 cm³/mol. The van der Waals surface area contributed by atoms with Gasteiger partial charge in [0.05, 0.1) is 30.3 Å². The highest BCUT2D eigenvalue weighted by Crippen LogP contribution is 2.20. The van der Waals surface area contributed by atoms with Crippen molar-refractivity contribution < 1.29 is 13.5 Å². The number of piperidine rings is 1. The molecule has 9 nitrogen and oxygen atoms in total. The van der Waals surface area contributed by atoms with Crippen molar-refractivity contribution in [1.29, 1.82) is 0 Å². The van der Waals surface area contributed by atoms with E-state index in [-0.39, 0.29) is 18.5 Å². The molecule has 2 atom stereocenters. The fourth-order valence-corrected chi connectivity index (χ4v) is 3.89. The molecule has 1 aliphatic rings. The Morgan fingerprint density at radius 3 is 2.72 bits per heavy atom. The fraction of sp³-hybridized carbons (Fsp3) is 0.667. The van der Waals surface area contributed by atoms with Gasteiger partial charge in [-0.25, -0.2) is 22.9 Å². The number of nitrogens with one attached hydrogen (secondary N) is 1. The third kappa shape index (κ3) is 3.60. The summed E-state index contributed by atoms with van der Waals surface area (Å²) in [6.45, 7) is 6.45. The molecule has 2 aromatic rings. The van der Waals surface area contributed by atoms with Crippen molar-refractivity contribution in [3.05, 3.63) is 17.7 Å². The van der Waals surface area contributed by atoms with E-state index in [0.717, 1.165) is 23.3 Å². The molecule has 0 saturated carbocycles. The molecule has 2 N–H and O–H groups in total. The molecule has 1 aliphatic heterocycles. The van der Waals surface area contributed by atoms with Crippen LogP contribution in [0.1, 0.15) is 37.7 Å². The van der Waals surface area contributed by atoms with Crippen LogP contribution in [0.2, 0.25) is 0 Å². The number of aliphatic hydroxyl groups is 1. The number of aromatic nitrogens is 4. The van der Waals surface area contributed by atoms with E-state index in [0.29, 0.717) is 18.9 Å². The van der Waals surface area contributed by atoms with E-state index >= 15 is 0 Å². The first kappa shape index (κ1) is 18.0. The molecule has 0 aliphatic carbocycles. The van der Waals surface area contributed by atoms with E-state index < -0.39 is 16.1 Å². The topological polar surface area (TPSA) is 113 Å². The number of fused-ring (bicyclic) bond motifs is 1. The minimum atomic E-state index is -3.29. The zero-order valence-electron chi connectivity index (χ0n) is 14.8. The SMILES string of the molecule is Cc1nc(C(C)C)n2nc(N[C@@H]3CCN(S(C)(=O)=O)C[C@H]3O)ncc12. The zero-order chi connectivity index (χ0) is 18.4.